The van der Waals surface area contributed by atoms with Crippen molar-refractivity contribution in [2.45, 2.75) is 97.2 Å². The molecule has 7 rings (SSSR count). The van der Waals surface area contributed by atoms with Crippen molar-refractivity contribution in [1.29, 1.82) is 0 Å². The summed E-state index contributed by atoms with van der Waals surface area (Å²) in [6.07, 6.45) is 2.33. The molecular weight excluding hydrogens is 930 g/mol. The van der Waals surface area contributed by atoms with Crippen molar-refractivity contribution in [3.05, 3.63) is 168 Å². The largest absolute Gasteiger partial charge is 0.479 e. The van der Waals surface area contributed by atoms with Crippen molar-refractivity contribution >= 4 is 70.3 Å². The molecule has 71 heavy (non-hydrogen) atoms. The van der Waals surface area contributed by atoms with Crippen LogP contribution in [0.1, 0.15) is 118 Å². The summed E-state index contributed by atoms with van der Waals surface area (Å²) in [4.78, 5) is 84.8. The summed E-state index contributed by atoms with van der Waals surface area (Å²) in [6.45, 7) is 16.1. The molecule has 0 saturated carbocycles. The van der Waals surface area contributed by atoms with Crippen molar-refractivity contribution in [3.63, 3.8) is 0 Å². The number of halogens is 1. The SMILES string of the molecule is CC(C)(C)OC(=O)[C@@H](N)c1ccccc1.CC(C)(C)OC(=O)[C@@H](NC(=O)c1ccc2c(c1)ncn2C(=O)OC(C)(C)C)c1ccccc1.Cl.O=C(N[C@H](C(=O)O)c1ccccc1)c1ccc2nc[nH]c2c1. The van der Waals surface area contributed by atoms with Crippen LogP contribution >= 0.6 is 12.4 Å². The minimum absolute atomic E-state index is 0. The number of fused-ring (bicyclic) bond motifs is 2. The Labute approximate surface area is 417 Å². The summed E-state index contributed by atoms with van der Waals surface area (Å²) in [6, 6.07) is 33.6. The van der Waals surface area contributed by atoms with Gasteiger partial charge in [0.1, 0.15) is 29.2 Å². The molecule has 0 fully saturated rings. The molecule has 0 aliphatic rings. The molecule has 3 atom stereocenters. The van der Waals surface area contributed by atoms with E-state index in [-0.39, 0.29) is 12.4 Å². The third-order valence-corrected chi connectivity index (χ3v) is 9.61. The van der Waals surface area contributed by atoms with Crippen LogP contribution in [0.4, 0.5) is 4.79 Å². The zero-order valence-electron chi connectivity index (χ0n) is 41.0. The van der Waals surface area contributed by atoms with E-state index >= 15 is 0 Å². The van der Waals surface area contributed by atoms with E-state index in [2.05, 4.69) is 25.6 Å². The zero-order valence-corrected chi connectivity index (χ0v) is 41.8. The Morgan fingerprint density at radius 2 is 1.04 bits per heavy atom. The molecule has 2 aromatic heterocycles. The number of hydrogen-bond donors (Lipinski definition) is 5. The van der Waals surface area contributed by atoms with Gasteiger partial charge in [-0.25, -0.2) is 33.7 Å². The summed E-state index contributed by atoms with van der Waals surface area (Å²) in [5, 5.41) is 14.6. The number of benzene rings is 5. The lowest BCUT2D eigenvalue weighted by Gasteiger charge is -2.25. The number of ether oxygens (including phenoxy) is 3. The van der Waals surface area contributed by atoms with Crippen molar-refractivity contribution in [2.24, 2.45) is 5.73 Å². The summed E-state index contributed by atoms with van der Waals surface area (Å²) in [5.74, 6) is -2.98. The number of imidazole rings is 2. The number of carboxylic acids is 1. The topological polar surface area (TPSA) is 247 Å². The molecule has 0 unspecified atom stereocenters. The first-order valence-electron chi connectivity index (χ1n) is 22.2. The minimum atomic E-state index is -1.11. The second-order valence-electron chi connectivity index (χ2n) is 18.9. The fourth-order valence-corrected chi connectivity index (χ4v) is 6.50. The fraction of sp³-hybridized carbons (Fsp3) is 0.283. The highest BCUT2D eigenvalue weighted by Gasteiger charge is 2.29. The molecule has 0 aliphatic heterocycles. The molecule has 0 aliphatic carbocycles. The molecule has 7 aromatic rings. The van der Waals surface area contributed by atoms with Gasteiger partial charge in [0.05, 0.1) is 28.4 Å². The molecular formula is C53H60ClN7O10. The highest BCUT2D eigenvalue weighted by Crippen LogP contribution is 2.23. The number of nitrogens with two attached hydrogens (primary N) is 1. The van der Waals surface area contributed by atoms with E-state index in [1.54, 1.807) is 133 Å². The van der Waals surface area contributed by atoms with Gasteiger partial charge in [-0.3, -0.25) is 9.59 Å². The Morgan fingerprint density at radius 3 is 1.56 bits per heavy atom. The predicted octanol–water partition coefficient (Wildman–Crippen LogP) is 9.20. The van der Waals surface area contributed by atoms with Gasteiger partial charge in [0.2, 0.25) is 0 Å². The average Bonchev–Trinajstić information content (AvgIpc) is 3.96. The van der Waals surface area contributed by atoms with Crippen molar-refractivity contribution in [2.75, 3.05) is 0 Å². The number of nitrogens with zero attached hydrogens (tertiary/aromatic N) is 3. The second kappa shape index (κ2) is 24.1. The Kier molecular flexibility index (Phi) is 18.9. The van der Waals surface area contributed by atoms with Gasteiger partial charge in [-0.05, 0) is 115 Å². The molecule has 0 saturated heterocycles. The van der Waals surface area contributed by atoms with Gasteiger partial charge in [-0.1, -0.05) is 91.0 Å². The van der Waals surface area contributed by atoms with E-state index < -0.39 is 70.7 Å². The quantitative estimate of drug-likeness (QED) is 0.0634. The van der Waals surface area contributed by atoms with Crippen LogP contribution < -0.4 is 16.4 Å². The van der Waals surface area contributed by atoms with Crippen LogP contribution in [-0.4, -0.2) is 77.2 Å². The van der Waals surface area contributed by atoms with Crippen molar-refractivity contribution in [3.8, 4) is 0 Å². The number of amides is 2. The van der Waals surface area contributed by atoms with Crippen LogP contribution in [0.2, 0.25) is 0 Å². The first-order valence-corrected chi connectivity index (χ1v) is 22.2. The van der Waals surface area contributed by atoms with E-state index in [4.69, 9.17) is 19.9 Å². The van der Waals surface area contributed by atoms with Gasteiger partial charge >= 0.3 is 24.0 Å². The Bertz CT molecular complexity index is 2920. The fourth-order valence-electron chi connectivity index (χ4n) is 6.50. The molecule has 2 heterocycles. The van der Waals surface area contributed by atoms with E-state index in [1.165, 1.54) is 17.2 Å². The normalized spacial score (nSPS) is 12.5. The first kappa shape index (κ1) is 55.7. The number of carbonyl (C=O) groups excluding carboxylic acids is 5. The number of aromatic nitrogens is 4. The Morgan fingerprint density at radius 1 is 0.577 bits per heavy atom. The van der Waals surface area contributed by atoms with Crippen LogP contribution in [0.3, 0.4) is 0 Å². The van der Waals surface area contributed by atoms with E-state index in [9.17, 15) is 33.9 Å². The lowest BCUT2D eigenvalue weighted by Crippen LogP contribution is -2.38. The van der Waals surface area contributed by atoms with Crippen LogP contribution in [0.15, 0.2) is 140 Å². The molecule has 0 radical (unpaired) electrons. The summed E-state index contributed by atoms with van der Waals surface area (Å²) < 4.78 is 17.4. The number of carboxylic acid groups (broad SMARTS) is 1. The van der Waals surface area contributed by atoms with Gasteiger partial charge in [-0.2, -0.15) is 0 Å². The molecule has 6 N–H and O–H groups in total. The van der Waals surface area contributed by atoms with Crippen LogP contribution in [-0.2, 0) is 28.6 Å². The number of hydrogen-bond acceptors (Lipinski definition) is 12. The number of carbonyl (C=O) groups is 6. The number of aliphatic carboxylic acids is 1. The minimum Gasteiger partial charge on any atom is -0.479 e. The van der Waals surface area contributed by atoms with Gasteiger partial charge < -0.3 is 40.7 Å². The number of H-pyrrole nitrogens is 1. The number of aromatic amines is 1. The Balaban J connectivity index is 0.000000248. The third-order valence-electron chi connectivity index (χ3n) is 9.61. The second-order valence-corrected chi connectivity index (χ2v) is 18.9. The molecule has 374 valence electrons. The number of rotatable bonds is 10. The standard InChI is InChI=1S/C25H29N3O5.C16H13N3O3.C12H17NO2.ClH/c1-24(2,3)32-22(30)20(16-10-8-7-9-11-16)27-21(29)17-12-13-19-18(14-17)26-15-28(19)23(31)33-25(4,5)6;20-15(11-6-7-12-13(8-11)18-9-17-12)19-14(16(21)22)10-4-2-1-3-5-10;1-12(2,3)15-11(14)10(13)9-7-5-4-6-8-9;/h7-15,20H,1-6H3,(H,27,29);1-9,14H,(H,17,18)(H,19,20)(H,21,22);4-8,10H,13H2,1-3H3;1H/t20-;14-;10-;/m000./s1. The van der Waals surface area contributed by atoms with Gasteiger partial charge in [0.25, 0.3) is 11.8 Å². The highest BCUT2D eigenvalue weighted by atomic mass is 35.5. The Hall–Kier alpha value is -7.89. The predicted molar refractivity (Wildman–Crippen MR) is 271 cm³/mol. The zero-order chi connectivity index (χ0) is 51.4. The molecule has 18 heteroatoms. The maximum Gasteiger partial charge on any atom is 0.420 e. The first-order chi connectivity index (χ1) is 32.9. The summed E-state index contributed by atoms with van der Waals surface area (Å²) >= 11 is 0. The maximum absolute atomic E-state index is 13.0. The maximum atomic E-state index is 13.0. The van der Waals surface area contributed by atoms with E-state index in [0.29, 0.717) is 33.3 Å². The summed E-state index contributed by atoms with van der Waals surface area (Å²) in [5.41, 5.74) is 8.90. The third kappa shape index (κ3) is 16.6. The van der Waals surface area contributed by atoms with Gasteiger partial charge in [0, 0.05) is 11.1 Å². The van der Waals surface area contributed by atoms with E-state index in [0.717, 1.165) is 16.6 Å². The molecule has 0 bridgehead atoms. The van der Waals surface area contributed by atoms with Crippen LogP contribution in [0, 0.1) is 0 Å². The molecule has 0 spiro atoms. The molecule has 2 amide bonds. The molecule has 5 aromatic carbocycles. The lowest BCUT2D eigenvalue weighted by molar-refractivity contribution is -0.158. The number of nitrogens with one attached hydrogen (secondary N) is 3. The van der Waals surface area contributed by atoms with Crippen LogP contribution in [0.25, 0.3) is 22.1 Å². The number of esters is 2. The van der Waals surface area contributed by atoms with Crippen LogP contribution in [0.5, 0.6) is 0 Å². The molecule has 17 nitrogen and oxygen atoms in total. The smallest absolute Gasteiger partial charge is 0.420 e. The van der Waals surface area contributed by atoms with Crippen molar-refractivity contribution in [1.82, 2.24) is 30.2 Å². The van der Waals surface area contributed by atoms with Gasteiger partial charge in [-0.15, -0.1) is 12.4 Å². The van der Waals surface area contributed by atoms with Crippen molar-refractivity contribution < 1.29 is 48.1 Å². The summed E-state index contributed by atoms with van der Waals surface area (Å²) in [7, 11) is 0. The van der Waals surface area contributed by atoms with Gasteiger partial charge in [0.15, 0.2) is 12.1 Å². The lowest BCUT2D eigenvalue weighted by atomic mass is 10.1. The highest BCUT2D eigenvalue weighted by molar-refractivity contribution is 6.01. The monoisotopic (exact) mass is 989 g/mol. The van der Waals surface area contributed by atoms with E-state index in [1.807, 2.05) is 57.2 Å². The average molecular weight is 991 g/mol.